The Morgan fingerprint density at radius 1 is 1.35 bits per heavy atom. The van der Waals surface area contributed by atoms with Crippen molar-refractivity contribution in [3.8, 4) is 0 Å². The number of rotatable bonds is 5. The van der Waals surface area contributed by atoms with E-state index in [4.69, 9.17) is 0 Å². The van der Waals surface area contributed by atoms with Crippen molar-refractivity contribution in [2.75, 3.05) is 25.0 Å². The molecule has 0 aromatic heterocycles. The Morgan fingerprint density at radius 3 is 2.85 bits per heavy atom. The molecule has 2 rings (SSSR count). The lowest BCUT2D eigenvalue weighted by Gasteiger charge is -2.36. The first-order chi connectivity index (χ1) is 9.60. The predicted molar refractivity (Wildman–Crippen MR) is 78.9 cm³/mol. The van der Waals surface area contributed by atoms with Crippen molar-refractivity contribution in [2.45, 2.75) is 39.2 Å². The van der Waals surface area contributed by atoms with Crippen molar-refractivity contribution >= 4 is 5.69 Å². The molecule has 0 spiro atoms. The van der Waals surface area contributed by atoms with Crippen LogP contribution in [0.4, 0.5) is 14.5 Å². The molecular formula is C16H24F2N2. The summed E-state index contributed by atoms with van der Waals surface area (Å²) in [5.41, 5.74) is 0.656. The van der Waals surface area contributed by atoms with E-state index < -0.39 is 11.6 Å². The maximum Gasteiger partial charge on any atom is 0.160 e. The van der Waals surface area contributed by atoms with Gasteiger partial charge in [-0.2, -0.15) is 0 Å². The van der Waals surface area contributed by atoms with Gasteiger partial charge in [-0.05, 0) is 57.3 Å². The molecule has 2 unspecified atom stereocenters. The molecule has 0 aliphatic carbocycles. The summed E-state index contributed by atoms with van der Waals surface area (Å²) in [4.78, 5) is 2.50. The molecule has 1 aliphatic rings. The molecule has 20 heavy (non-hydrogen) atoms. The number of likely N-dealkylation sites (tertiary alicyclic amines) is 1. The zero-order valence-electron chi connectivity index (χ0n) is 12.3. The zero-order valence-corrected chi connectivity index (χ0v) is 12.3. The Labute approximate surface area is 120 Å². The normalized spacial score (nSPS) is 21.7. The van der Waals surface area contributed by atoms with E-state index in [2.05, 4.69) is 24.1 Å². The van der Waals surface area contributed by atoms with Gasteiger partial charge in [0, 0.05) is 24.3 Å². The predicted octanol–water partition coefficient (Wildman–Crippen LogP) is 3.89. The molecule has 1 saturated heterocycles. The van der Waals surface area contributed by atoms with Crippen LogP contribution in [0, 0.1) is 17.6 Å². The van der Waals surface area contributed by atoms with Crippen LogP contribution >= 0.6 is 0 Å². The highest BCUT2D eigenvalue weighted by Crippen LogP contribution is 2.23. The monoisotopic (exact) mass is 282 g/mol. The number of nitrogens with one attached hydrogen (secondary N) is 1. The molecule has 112 valence electrons. The average Bonchev–Trinajstić information content (AvgIpc) is 2.43. The fourth-order valence-corrected chi connectivity index (χ4v) is 2.99. The number of hydrogen-bond donors (Lipinski definition) is 1. The SMILES string of the molecule is CCCN1CCCC(C(C)Nc2ccc(F)c(F)c2)C1. The molecule has 1 fully saturated rings. The standard InChI is InChI=1S/C16H24F2N2/c1-3-8-20-9-4-5-13(11-20)12(2)19-14-6-7-15(17)16(18)10-14/h6-7,10,12-13,19H,3-5,8-9,11H2,1-2H3. The zero-order chi connectivity index (χ0) is 14.5. The van der Waals surface area contributed by atoms with E-state index >= 15 is 0 Å². The molecule has 2 atom stereocenters. The first-order valence-electron chi connectivity index (χ1n) is 7.54. The number of nitrogens with zero attached hydrogens (tertiary/aromatic N) is 1. The molecule has 1 N–H and O–H groups in total. The van der Waals surface area contributed by atoms with Crippen LogP contribution < -0.4 is 5.32 Å². The van der Waals surface area contributed by atoms with Gasteiger partial charge in [0.2, 0.25) is 0 Å². The number of hydrogen-bond acceptors (Lipinski definition) is 2. The van der Waals surface area contributed by atoms with Gasteiger partial charge in [-0.15, -0.1) is 0 Å². The minimum atomic E-state index is -0.796. The Balaban J connectivity index is 1.93. The van der Waals surface area contributed by atoms with Crippen LogP contribution in [-0.4, -0.2) is 30.6 Å². The highest BCUT2D eigenvalue weighted by Gasteiger charge is 2.24. The summed E-state index contributed by atoms with van der Waals surface area (Å²) < 4.78 is 26.1. The van der Waals surface area contributed by atoms with Crippen LogP contribution in [0.3, 0.4) is 0 Å². The minimum Gasteiger partial charge on any atom is -0.382 e. The van der Waals surface area contributed by atoms with Gasteiger partial charge in [0.05, 0.1) is 0 Å². The van der Waals surface area contributed by atoms with E-state index in [1.54, 1.807) is 6.07 Å². The van der Waals surface area contributed by atoms with Gasteiger partial charge in [0.25, 0.3) is 0 Å². The molecule has 0 bridgehead atoms. The second-order valence-corrected chi connectivity index (χ2v) is 5.76. The maximum atomic E-state index is 13.2. The van der Waals surface area contributed by atoms with Crippen LogP contribution in [0.15, 0.2) is 18.2 Å². The van der Waals surface area contributed by atoms with Crippen LogP contribution in [0.25, 0.3) is 0 Å². The summed E-state index contributed by atoms with van der Waals surface area (Å²) in [5.74, 6) is -1.03. The Kier molecular flexibility index (Phi) is 5.35. The van der Waals surface area contributed by atoms with Crippen molar-refractivity contribution in [1.29, 1.82) is 0 Å². The van der Waals surface area contributed by atoms with Gasteiger partial charge < -0.3 is 10.2 Å². The van der Waals surface area contributed by atoms with Crippen molar-refractivity contribution < 1.29 is 8.78 Å². The first-order valence-corrected chi connectivity index (χ1v) is 7.54. The number of piperidine rings is 1. The van der Waals surface area contributed by atoms with E-state index in [0.717, 1.165) is 13.1 Å². The summed E-state index contributed by atoms with van der Waals surface area (Å²) in [5, 5.41) is 3.31. The van der Waals surface area contributed by atoms with E-state index in [9.17, 15) is 8.78 Å². The van der Waals surface area contributed by atoms with E-state index in [1.165, 1.54) is 37.9 Å². The number of benzene rings is 1. The van der Waals surface area contributed by atoms with Crippen LogP contribution in [-0.2, 0) is 0 Å². The van der Waals surface area contributed by atoms with Gasteiger partial charge in [-0.25, -0.2) is 8.78 Å². The third-order valence-electron chi connectivity index (χ3n) is 4.10. The highest BCUT2D eigenvalue weighted by molar-refractivity contribution is 5.44. The minimum absolute atomic E-state index is 0.263. The lowest BCUT2D eigenvalue weighted by molar-refractivity contribution is 0.165. The van der Waals surface area contributed by atoms with Crippen LogP contribution in [0.5, 0.6) is 0 Å². The van der Waals surface area contributed by atoms with Crippen molar-refractivity contribution in [1.82, 2.24) is 4.90 Å². The fraction of sp³-hybridized carbons (Fsp3) is 0.625. The molecule has 0 radical (unpaired) electrons. The number of halogens is 2. The van der Waals surface area contributed by atoms with Gasteiger partial charge in [-0.3, -0.25) is 0 Å². The largest absolute Gasteiger partial charge is 0.382 e. The third kappa shape index (κ3) is 3.92. The smallest absolute Gasteiger partial charge is 0.160 e. The van der Waals surface area contributed by atoms with Gasteiger partial charge in [0.1, 0.15) is 0 Å². The highest BCUT2D eigenvalue weighted by atomic mass is 19.2. The summed E-state index contributed by atoms with van der Waals surface area (Å²) >= 11 is 0. The lowest BCUT2D eigenvalue weighted by Crippen LogP contribution is -2.42. The quantitative estimate of drug-likeness (QED) is 0.881. The van der Waals surface area contributed by atoms with Crippen molar-refractivity contribution in [2.24, 2.45) is 5.92 Å². The Morgan fingerprint density at radius 2 is 2.15 bits per heavy atom. The maximum absolute atomic E-state index is 13.2. The van der Waals surface area contributed by atoms with E-state index in [0.29, 0.717) is 11.6 Å². The molecule has 1 aliphatic heterocycles. The van der Waals surface area contributed by atoms with E-state index in [-0.39, 0.29) is 6.04 Å². The van der Waals surface area contributed by atoms with Gasteiger partial charge >= 0.3 is 0 Å². The fourth-order valence-electron chi connectivity index (χ4n) is 2.99. The summed E-state index contributed by atoms with van der Waals surface area (Å²) in [7, 11) is 0. The third-order valence-corrected chi connectivity index (χ3v) is 4.10. The molecule has 0 amide bonds. The van der Waals surface area contributed by atoms with Crippen molar-refractivity contribution in [3.63, 3.8) is 0 Å². The second kappa shape index (κ2) is 7.02. The van der Waals surface area contributed by atoms with E-state index in [1.807, 2.05) is 0 Å². The Bertz CT molecular complexity index is 434. The lowest BCUT2D eigenvalue weighted by atomic mass is 9.91. The van der Waals surface area contributed by atoms with Gasteiger partial charge in [0.15, 0.2) is 11.6 Å². The summed E-state index contributed by atoms with van der Waals surface area (Å²) in [6.45, 7) is 7.75. The molecule has 0 saturated carbocycles. The molecular weight excluding hydrogens is 258 g/mol. The first kappa shape index (κ1) is 15.2. The second-order valence-electron chi connectivity index (χ2n) is 5.76. The van der Waals surface area contributed by atoms with Crippen LogP contribution in [0.1, 0.15) is 33.1 Å². The van der Waals surface area contributed by atoms with Crippen LogP contribution in [0.2, 0.25) is 0 Å². The summed E-state index contributed by atoms with van der Waals surface area (Å²) in [6, 6.07) is 4.27. The van der Waals surface area contributed by atoms with Crippen molar-refractivity contribution in [3.05, 3.63) is 29.8 Å². The average molecular weight is 282 g/mol. The molecule has 1 aromatic carbocycles. The van der Waals surface area contributed by atoms with Gasteiger partial charge in [-0.1, -0.05) is 6.92 Å². The molecule has 4 heteroatoms. The topological polar surface area (TPSA) is 15.3 Å². The number of anilines is 1. The Hall–Kier alpha value is -1.16. The molecule has 1 heterocycles. The molecule has 1 aromatic rings. The summed E-state index contributed by atoms with van der Waals surface area (Å²) in [6.07, 6.45) is 3.59. The molecule has 2 nitrogen and oxygen atoms in total.